The summed E-state index contributed by atoms with van der Waals surface area (Å²) in [4.78, 5) is 0. The maximum Gasteiger partial charge on any atom is 0.0622 e. The number of hydrogen-bond acceptors (Lipinski definition) is 1. The van der Waals surface area contributed by atoms with E-state index in [0.717, 1.165) is 24.7 Å². The summed E-state index contributed by atoms with van der Waals surface area (Å²) in [5.74, 6) is 1.67. The van der Waals surface area contributed by atoms with Gasteiger partial charge in [-0.05, 0) is 49.9 Å². The van der Waals surface area contributed by atoms with Gasteiger partial charge in [-0.1, -0.05) is 26.7 Å². The minimum Gasteiger partial charge on any atom is -0.390 e. The van der Waals surface area contributed by atoms with Gasteiger partial charge in [0.1, 0.15) is 0 Å². The van der Waals surface area contributed by atoms with Gasteiger partial charge in [-0.15, -0.1) is 0 Å². The highest BCUT2D eigenvalue weighted by atomic mass is 16.3. The van der Waals surface area contributed by atoms with E-state index in [1.807, 2.05) is 6.92 Å². The lowest BCUT2D eigenvalue weighted by atomic mass is 9.57. The Morgan fingerprint density at radius 2 is 1.79 bits per heavy atom. The van der Waals surface area contributed by atoms with Crippen molar-refractivity contribution in [1.82, 2.24) is 0 Å². The molecular formula is C13H24O. The van der Waals surface area contributed by atoms with Crippen LogP contribution >= 0.6 is 0 Å². The molecule has 2 aliphatic carbocycles. The minimum absolute atomic E-state index is 0.366. The van der Waals surface area contributed by atoms with Crippen molar-refractivity contribution in [2.45, 2.75) is 64.9 Å². The number of hydrogen-bond donors (Lipinski definition) is 1. The van der Waals surface area contributed by atoms with Crippen molar-refractivity contribution in [3.05, 3.63) is 0 Å². The molecule has 0 bridgehead atoms. The first kappa shape index (κ1) is 10.5. The van der Waals surface area contributed by atoms with Crippen LogP contribution in [-0.2, 0) is 0 Å². The van der Waals surface area contributed by atoms with Crippen LogP contribution in [0.25, 0.3) is 0 Å². The van der Waals surface area contributed by atoms with E-state index < -0.39 is 0 Å². The van der Waals surface area contributed by atoms with Gasteiger partial charge < -0.3 is 5.11 Å². The summed E-state index contributed by atoms with van der Waals surface area (Å²) in [6.45, 7) is 6.86. The van der Waals surface area contributed by atoms with Crippen LogP contribution in [0.4, 0.5) is 0 Å². The molecule has 3 atom stereocenters. The molecule has 0 radical (unpaired) electrons. The van der Waals surface area contributed by atoms with Gasteiger partial charge >= 0.3 is 0 Å². The topological polar surface area (TPSA) is 20.2 Å². The van der Waals surface area contributed by atoms with Gasteiger partial charge in [-0.25, -0.2) is 0 Å². The molecule has 0 aromatic carbocycles. The van der Waals surface area contributed by atoms with Crippen LogP contribution in [0.15, 0.2) is 0 Å². The Kier molecular flexibility index (Phi) is 2.42. The summed E-state index contributed by atoms with van der Waals surface area (Å²) in [5.41, 5.74) is 0.161. The first-order chi connectivity index (χ1) is 6.41. The van der Waals surface area contributed by atoms with Gasteiger partial charge in [0.25, 0.3) is 0 Å². The van der Waals surface area contributed by atoms with Crippen LogP contribution in [0.2, 0.25) is 0 Å². The van der Waals surface area contributed by atoms with Gasteiger partial charge in [-0.3, -0.25) is 0 Å². The lowest BCUT2D eigenvalue weighted by Gasteiger charge is -2.50. The minimum atomic E-state index is -0.366. The fourth-order valence-corrected chi connectivity index (χ4v) is 3.85. The average molecular weight is 196 g/mol. The molecule has 82 valence electrons. The quantitative estimate of drug-likeness (QED) is 0.630. The zero-order chi connectivity index (χ0) is 10.4. The predicted molar refractivity (Wildman–Crippen MR) is 59.1 cm³/mol. The summed E-state index contributed by atoms with van der Waals surface area (Å²) < 4.78 is 0. The molecule has 2 saturated carbocycles. The van der Waals surface area contributed by atoms with E-state index in [2.05, 4.69) is 13.8 Å². The molecular weight excluding hydrogens is 172 g/mol. The van der Waals surface area contributed by atoms with Crippen molar-refractivity contribution in [2.75, 3.05) is 0 Å². The Morgan fingerprint density at radius 3 is 2.50 bits per heavy atom. The molecule has 0 heterocycles. The zero-order valence-electron chi connectivity index (χ0n) is 9.84. The van der Waals surface area contributed by atoms with E-state index in [-0.39, 0.29) is 5.60 Å². The van der Waals surface area contributed by atoms with Gasteiger partial charge in [0.15, 0.2) is 0 Å². The van der Waals surface area contributed by atoms with Crippen LogP contribution in [0.1, 0.15) is 59.3 Å². The van der Waals surface area contributed by atoms with E-state index in [0.29, 0.717) is 5.41 Å². The average Bonchev–Trinajstić information content (AvgIpc) is 2.00. The zero-order valence-corrected chi connectivity index (χ0v) is 9.84. The second-order valence-electron chi connectivity index (χ2n) is 6.49. The SMILES string of the molecule is CC1(C)CCC[C@@H]2C[C@](C)(O)CC[C@@H]21. The second-order valence-corrected chi connectivity index (χ2v) is 6.49. The maximum absolute atomic E-state index is 10.1. The van der Waals surface area contributed by atoms with Gasteiger partial charge in [-0.2, -0.15) is 0 Å². The number of aliphatic hydroxyl groups is 1. The second kappa shape index (κ2) is 3.23. The lowest BCUT2D eigenvalue weighted by Crippen LogP contribution is -2.44. The van der Waals surface area contributed by atoms with E-state index in [4.69, 9.17) is 0 Å². The first-order valence-corrected chi connectivity index (χ1v) is 6.13. The van der Waals surface area contributed by atoms with Crippen molar-refractivity contribution in [3.8, 4) is 0 Å². The summed E-state index contributed by atoms with van der Waals surface area (Å²) in [6.07, 6.45) is 7.40. The number of rotatable bonds is 0. The van der Waals surface area contributed by atoms with Crippen LogP contribution in [0, 0.1) is 17.3 Å². The Labute approximate surface area is 87.9 Å². The molecule has 0 saturated heterocycles. The van der Waals surface area contributed by atoms with Gasteiger partial charge in [0.05, 0.1) is 5.60 Å². The Bertz CT molecular complexity index is 217. The van der Waals surface area contributed by atoms with Crippen molar-refractivity contribution in [2.24, 2.45) is 17.3 Å². The molecule has 2 rings (SSSR count). The highest BCUT2D eigenvalue weighted by molar-refractivity contribution is 4.95. The third-order valence-electron chi connectivity index (χ3n) is 4.66. The molecule has 0 spiro atoms. The monoisotopic (exact) mass is 196 g/mol. The van der Waals surface area contributed by atoms with Crippen molar-refractivity contribution < 1.29 is 5.11 Å². The molecule has 2 fully saturated rings. The standard InChI is InChI=1S/C13H24O/c1-12(2)7-4-5-10-9-13(3,14)8-6-11(10)12/h10-11,14H,4-9H2,1-3H3/t10-,11+,13-/m1/s1. The van der Waals surface area contributed by atoms with Crippen LogP contribution < -0.4 is 0 Å². The van der Waals surface area contributed by atoms with E-state index in [9.17, 15) is 5.11 Å². The summed E-state index contributed by atoms with van der Waals surface area (Å²) in [7, 11) is 0. The third-order valence-corrected chi connectivity index (χ3v) is 4.66. The Balaban J connectivity index is 2.11. The van der Waals surface area contributed by atoms with E-state index >= 15 is 0 Å². The fourth-order valence-electron chi connectivity index (χ4n) is 3.85. The van der Waals surface area contributed by atoms with Crippen molar-refractivity contribution >= 4 is 0 Å². The van der Waals surface area contributed by atoms with Crippen LogP contribution in [-0.4, -0.2) is 10.7 Å². The van der Waals surface area contributed by atoms with Crippen molar-refractivity contribution in [1.29, 1.82) is 0 Å². The van der Waals surface area contributed by atoms with Crippen molar-refractivity contribution in [3.63, 3.8) is 0 Å². The number of fused-ring (bicyclic) bond motifs is 1. The molecule has 2 aliphatic rings. The normalized spacial score (nSPS) is 47.1. The van der Waals surface area contributed by atoms with Crippen LogP contribution in [0.3, 0.4) is 0 Å². The molecule has 0 unspecified atom stereocenters. The lowest BCUT2D eigenvalue weighted by molar-refractivity contribution is -0.0654. The highest BCUT2D eigenvalue weighted by Gasteiger charge is 2.44. The summed E-state index contributed by atoms with van der Waals surface area (Å²) in [6, 6.07) is 0. The molecule has 0 amide bonds. The Morgan fingerprint density at radius 1 is 1.07 bits per heavy atom. The fraction of sp³-hybridized carbons (Fsp3) is 1.00. The van der Waals surface area contributed by atoms with Gasteiger partial charge in [0.2, 0.25) is 0 Å². The Hall–Kier alpha value is -0.0400. The largest absolute Gasteiger partial charge is 0.390 e. The van der Waals surface area contributed by atoms with E-state index in [1.165, 1.54) is 25.7 Å². The van der Waals surface area contributed by atoms with Crippen LogP contribution in [0.5, 0.6) is 0 Å². The summed E-state index contributed by atoms with van der Waals surface area (Å²) >= 11 is 0. The molecule has 0 aromatic heterocycles. The predicted octanol–water partition coefficient (Wildman–Crippen LogP) is 3.36. The maximum atomic E-state index is 10.1. The molecule has 1 N–H and O–H groups in total. The third kappa shape index (κ3) is 1.84. The smallest absolute Gasteiger partial charge is 0.0622 e. The first-order valence-electron chi connectivity index (χ1n) is 6.13. The molecule has 1 nitrogen and oxygen atoms in total. The molecule has 1 heteroatoms. The molecule has 0 aliphatic heterocycles. The molecule has 14 heavy (non-hydrogen) atoms. The highest BCUT2D eigenvalue weighted by Crippen LogP contribution is 2.52. The van der Waals surface area contributed by atoms with E-state index in [1.54, 1.807) is 0 Å². The molecule has 0 aromatic rings. The summed E-state index contributed by atoms with van der Waals surface area (Å²) in [5, 5.41) is 10.1. The van der Waals surface area contributed by atoms with Gasteiger partial charge in [0, 0.05) is 0 Å².